The predicted molar refractivity (Wildman–Crippen MR) is 118 cm³/mol. The monoisotopic (exact) mass is 420 g/mol. The summed E-state index contributed by atoms with van der Waals surface area (Å²) in [5.41, 5.74) is 2.14. The van der Waals surface area contributed by atoms with Gasteiger partial charge in [-0.2, -0.15) is 0 Å². The highest BCUT2D eigenvalue weighted by molar-refractivity contribution is 5.88. The summed E-state index contributed by atoms with van der Waals surface area (Å²) in [6.45, 7) is 0.683. The van der Waals surface area contributed by atoms with Crippen molar-refractivity contribution in [2.24, 2.45) is 11.8 Å². The van der Waals surface area contributed by atoms with Crippen molar-refractivity contribution in [1.82, 2.24) is 9.80 Å². The Morgan fingerprint density at radius 1 is 1.03 bits per heavy atom. The molecule has 4 aliphatic rings. The molecule has 5 nitrogen and oxygen atoms in total. The van der Waals surface area contributed by atoms with Gasteiger partial charge in [-0.05, 0) is 43.4 Å². The number of hydrogen-bond donors (Lipinski definition) is 1. The number of amides is 2. The summed E-state index contributed by atoms with van der Waals surface area (Å²) in [4.78, 5) is 29.3. The largest absolute Gasteiger partial charge is 0.394 e. The molecule has 2 heterocycles. The zero-order valence-corrected chi connectivity index (χ0v) is 18.1. The molecule has 0 bridgehead atoms. The molecule has 0 aromatic heterocycles. The summed E-state index contributed by atoms with van der Waals surface area (Å²) < 4.78 is 0. The quantitative estimate of drug-likeness (QED) is 0.765. The van der Waals surface area contributed by atoms with Gasteiger partial charge in [0, 0.05) is 29.9 Å². The van der Waals surface area contributed by atoms with Crippen molar-refractivity contribution in [3.8, 4) is 11.8 Å². The molecule has 0 unspecified atom stereocenters. The minimum Gasteiger partial charge on any atom is -0.394 e. The molecule has 0 spiro atoms. The third-order valence-electron chi connectivity index (χ3n) is 7.84. The Morgan fingerprint density at radius 3 is 2.39 bits per heavy atom. The lowest BCUT2D eigenvalue weighted by Gasteiger charge is -2.59. The topological polar surface area (TPSA) is 60.9 Å². The zero-order valence-electron chi connectivity index (χ0n) is 18.1. The van der Waals surface area contributed by atoms with Gasteiger partial charge in [-0.15, -0.1) is 0 Å². The molecule has 2 aliphatic heterocycles. The first-order chi connectivity index (χ1) is 15.2. The number of fused-ring (bicyclic) bond motifs is 1. The van der Waals surface area contributed by atoms with Gasteiger partial charge < -0.3 is 14.9 Å². The molecular formula is C26H32N2O3. The van der Waals surface area contributed by atoms with Crippen molar-refractivity contribution in [2.45, 2.75) is 69.4 Å². The molecule has 2 aliphatic carbocycles. The molecule has 1 N–H and O–H groups in total. The third-order valence-corrected chi connectivity index (χ3v) is 7.84. The number of carbonyl (C=O) groups is 2. The number of piperazine rings is 1. The Balaban J connectivity index is 1.31. The van der Waals surface area contributed by atoms with Gasteiger partial charge in [0.25, 0.3) is 0 Å². The van der Waals surface area contributed by atoms with E-state index in [2.05, 4.69) is 36.1 Å². The van der Waals surface area contributed by atoms with E-state index in [1.165, 1.54) is 25.7 Å². The Kier molecular flexibility index (Phi) is 5.75. The number of aliphatic hydroxyl groups is 1. The normalized spacial score (nSPS) is 28.8. The maximum atomic E-state index is 12.9. The molecule has 2 amide bonds. The molecule has 164 valence electrons. The Bertz CT molecular complexity index is 887. The minimum atomic E-state index is -0.198. The van der Waals surface area contributed by atoms with E-state index in [4.69, 9.17) is 0 Å². The van der Waals surface area contributed by atoms with Crippen LogP contribution in [0.3, 0.4) is 0 Å². The molecule has 4 fully saturated rings. The van der Waals surface area contributed by atoms with E-state index >= 15 is 0 Å². The predicted octanol–water partition coefficient (Wildman–Crippen LogP) is 2.92. The Labute approximate surface area is 184 Å². The second-order valence-electron chi connectivity index (χ2n) is 9.72. The highest BCUT2D eigenvalue weighted by Crippen LogP contribution is 2.43. The number of hydrogen-bond acceptors (Lipinski definition) is 3. The first kappa shape index (κ1) is 20.6. The van der Waals surface area contributed by atoms with Crippen LogP contribution in [0, 0.1) is 23.7 Å². The summed E-state index contributed by atoms with van der Waals surface area (Å²) in [7, 11) is 0. The number of nitrogens with zero attached hydrogens (tertiary/aromatic N) is 2. The molecule has 31 heavy (non-hydrogen) atoms. The van der Waals surface area contributed by atoms with Crippen molar-refractivity contribution in [3.63, 3.8) is 0 Å². The van der Waals surface area contributed by atoms with Crippen LogP contribution in [0.15, 0.2) is 24.3 Å². The van der Waals surface area contributed by atoms with E-state index in [1.54, 1.807) is 4.90 Å². The van der Waals surface area contributed by atoms with Crippen LogP contribution in [0.1, 0.15) is 68.4 Å². The van der Waals surface area contributed by atoms with Crippen molar-refractivity contribution < 1.29 is 14.7 Å². The van der Waals surface area contributed by atoms with E-state index in [-0.39, 0.29) is 48.9 Å². The summed E-state index contributed by atoms with van der Waals surface area (Å²) >= 11 is 0. The second-order valence-corrected chi connectivity index (χ2v) is 9.72. The maximum Gasteiger partial charge on any atom is 0.242 e. The first-order valence-electron chi connectivity index (χ1n) is 12.0. The lowest BCUT2D eigenvalue weighted by Crippen LogP contribution is -2.73. The maximum absolute atomic E-state index is 12.9. The van der Waals surface area contributed by atoms with Crippen molar-refractivity contribution in [3.05, 3.63) is 35.4 Å². The average Bonchev–Trinajstić information content (AvgIpc) is 3.48. The van der Waals surface area contributed by atoms with Crippen molar-refractivity contribution in [2.75, 3.05) is 19.7 Å². The van der Waals surface area contributed by atoms with Gasteiger partial charge in [0.2, 0.25) is 11.8 Å². The SMILES string of the molecule is O=C(C1CCCC1)N1CC(=O)N2[C@H](CO)[C@@H](c3ccc(C#CC4CCCC4)cc3)[C@H]2C1. The summed E-state index contributed by atoms with van der Waals surface area (Å²) in [5.74, 6) is 7.52. The van der Waals surface area contributed by atoms with Gasteiger partial charge in [0.05, 0.1) is 25.2 Å². The van der Waals surface area contributed by atoms with E-state index in [0.29, 0.717) is 12.5 Å². The minimum absolute atomic E-state index is 0.0306. The van der Waals surface area contributed by atoms with Crippen LogP contribution in [0.5, 0.6) is 0 Å². The second kappa shape index (κ2) is 8.67. The molecule has 0 radical (unpaired) electrons. The van der Waals surface area contributed by atoms with Crippen LogP contribution in [-0.2, 0) is 9.59 Å². The lowest BCUT2D eigenvalue weighted by atomic mass is 9.73. The fourth-order valence-electron chi connectivity index (χ4n) is 6.14. The van der Waals surface area contributed by atoms with Crippen LogP contribution in [0.25, 0.3) is 0 Å². The molecular weight excluding hydrogens is 388 g/mol. The molecule has 1 aromatic rings. The lowest BCUT2D eigenvalue weighted by molar-refractivity contribution is -0.168. The van der Waals surface area contributed by atoms with Gasteiger partial charge in [-0.1, -0.05) is 49.7 Å². The van der Waals surface area contributed by atoms with Crippen molar-refractivity contribution in [1.29, 1.82) is 0 Å². The van der Waals surface area contributed by atoms with Crippen LogP contribution < -0.4 is 0 Å². The third kappa shape index (κ3) is 3.87. The van der Waals surface area contributed by atoms with Gasteiger partial charge in [0.1, 0.15) is 0 Å². The number of aliphatic hydroxyl groups excluding tert-OH is 1. The highest BCUT2D eigenvalue weighted by atomic mass is 16.3. The molecule has 5 rings (SSSR count). The van der Waals surface area contributed by atoms with Gasteiger partial charge in [-0.25, -0.2) is 0 Å². The van der Waals surface area contributed by atoms with Crippen LogP contribution >= 0.6 is 0 Å². The fraction of sp³-hybridized carbons (Fsp3) is 0.615. The van der Waals surface area contributed by atoms with Crippen LogP contribution in [0.2, 0.25) is 0 Å². The average molecular weight is 421 g/mol. The van der Waals surface area contributed by atoms with Gasteiger partial charge >= 0.3 is 0 Å². The van der Waals surface area contributed by atoms with E-state index in [9.17, 15) is 14.7 Å². The standard InChI is InChI=1S/C26H32N2O3/c29-17-23-25(20-13-11-19(12-14-20)10-9-18-5-1-2-6-18)22-15-27(16-24(30)28(22)23)26(31)21-7-3-4-8-21/h11-14,18,21-23,25,29H,1-8,15-17H2/t22-,23-,25+/m1/s1. The number of carbonyl (C=O) groups excluding carboxylic acids is 2. The summed E-state index contributed by atoms with van der Waals surface area (Å²) in [6, 6.07) is 8.05. The molecule has 2 saturated carbocycles. The Morgan fingerprint density at radius 2 is 1.71 bits per heavy atom. The number of rotatable bonds is 3. The molecule has 3 atom stereocenters. The molecule has 1 aromatic carbocycles. The van der Waals surface area contributed by atoms with Crippen LogP contribution in [-0.4, -0.2) is 58.5 Å². The van der Waals surface area contributed by atoms with E-state index in [0.717, 1.165) is 36.8 Å². The highest BCUT2D eigenvalue weighted by Gasteiger charge is 2.54. The van der Waals surface area contributed by atoms with Gasteiger partial charge in [-0.3, -0.25) is 9.59 Å². The summed E-state index contributed by atoms with van der Waals surface area (Å²) in [5, 5.41) is 9.99. The number of benzene rings is 1. The Hall–Kier alpha value is -2.32. The van der Waals surface area contributed by atoms with Gasteiger partial charge in [0.15, 0.2) is 0 Å². The van der Waals surface area contributed by atoms with Crippen LogP contribution in [0.4, 0.5) is 0 Å². The zero-order chi connectivity index (χ0) is 21.4. The molecule has 2 saturated heterocycles. The first-order valence-corrected chi connectivity index (χ1v) is 12.0. The molecule has 5 heteroatoms. The smallest absolute Gasteiger partial charge is 0.242 e. The fourth-order valence-corrected chi connectivity index (χ4v) is 6.14. The van der Waals surface area contributed by atoms with E-state index in [1.807, 2.05) is 4.90 Å². The van der Waals surface area contributed by atoms with E-state index < -0.39 is 0 Å². The van der Waals surface area contributed by atoms with Crippen molar-refractivity contribution >= 4 is 11.8 Å². The summed E-state index contributed by atoms with van der Waals surface area (Å²) in [6.07, 6.45) is 9.13.